The predicted octanol–water partition coefficient (Wildman–Crippen LogP) is 1.52. The van der Waals surface area contributed by atoms with Crippen molar-refractivity contribution in [3.8, 4) is 11.5 Å². The third kappa shape index (κ3) is 3.10. The van der Waals surface area contributed by atoms with Gasteiger partial charge in [0.05, 0.1) is 25.4 Å². The van der Waals surface area contributed by atoms with Crippen LogP contribution in [0, 0.1) is 0 Å². The maximum absolute atomic E-state index is 12.7. The van der Waals surface area contributed by atoms with E-state index in [1.165, 1.54) is 17.9 Å². The average Bonchev–Trinajstić information content (AvgIpc) is 3.10. The number of nitrogens with zero attached hydrogens (tertiary/aromatic N) is 4. The van der Waals surface area contributed by atoms with Gasteiger partial charge >= 0.3 is 5.97 Å². The summed E-state index contributed by atoms with van der Waals surface area (Å²) in [5.74, 6) is 0.230. The van der Waals surface area contributed by atoms with Crippen LogP contribution in [0.2, 0.25) is 0 Å². The van der Waals surface area contributed by atoms with Crippen LogP contribution in [0.1, 0.15) is 12.1 Å². The SMILES string of the molecule is COC(=O)CCc1nccn(-c2ccnn2-c2ccccc2)c1=O. The lowest BCUT2D eigenvalue weighted by Gasteiger charge is -2.10. The van der Waals surface area contributed by atoms with E-state index in [-0.39, 0.29) is 24.4 Å². The van der Waals surface area contributed by atoms with Crippen molar-refractivity contribution in [2.75, 3.05) is 7.11 Å². The zero-order valence-corrected chi connectivity index (χ0v) is 13.1. The maximum Gasteiger partial charge on any atom is 0.305 e. The fourth-order valence-electron chi connectivity index (χ4n) is 2.37. The van der Waals surface area contributed by atoms with Gasteiger partial charge in [0.15, 0.2) is 0 Å². The van der Waals surface area contributed by atoms with Crippen molar-refractivity contribution in [1.82, 2.24) is 19.3 Å². The number of esters is 1. The third-order valence-electron chi connectivity index (χ3n) is 3.58. The lowest BCUT2D eigenvalue weighted by Crippen LogP contribution is -2.25. The van der Waals surface area contributed by atoms with Crippen LogP contribution < -0.4 is 5.56 Å². The van der Waals surface area contributed by atoms with Crippen molar-refractivity contribution >= 4 is 5.97 Å². The minimum Gasteiger partial charge on any atom is -0.469 e. The number of rotatable bonds is 5. The summed E-state index contributed by atoms with van der Waals surface area (Å²) >= 11 is 0. The molecule has 0 aliphatic carbocycles. The summed E-state index contributed by atoms with van der Waals surface area (Å²) in [5, 5.41) is 4.28. The van der Waals surface area contributed by atoms with Gasteiger partial charge in [-0.2, -0.15) is 5.10 Å². The van der Waals surface area contributed by atoms with Crippen LogP contribution in [0.4, 0.5) is 0 Å². The van der Waals surface area contributed by atoms with Gasteiger partial charge in [-0.05, 0) is 12.1 Å². The first kappa shape index (κ1) is 15.7. The molecule has 0 aliphatic heterocycles. The summed E-state index contributed by atoms with van der Waals surface area (Å²) in [4.78, 5) is 28.0. The van der Waals surface area contributed by atoms with Gasteiger partial charge in [-0.15, -0.1) is 0 Å². The molecule has 0 radical (unpaired) electrons. The first-order valence-electron chi connectivity index (χ1n) is 7.44. The van der Waals surface area contributed by atoms with Crippen molar-refractivity contribution in [3.05, 3.63) is 71.0 Å². The monoisotopic (exact) mass is 324 g/mol. The molecule has 0 amide bonds. The minimum absolute atomic E-state index is 0.112. The number of hydrogen-bond acceptors (Lipinski definition) is 5. The van der Waals surface area contributed by atoms with Gasteiger partial charge in [0.25, 0.3) is 5.56 Å². The molecule has 2 aromatic heterocycles. The molecular weight excluding hydrogens is 308 g/mol. The Kier molecular flexibility index (Phi) is 4.51. The molecular formula is C17H16N4O3. The minimum atomic E-state index is -0.374. The van der Waals surface area contributed by atoms with Crippen molar-refractivity contribution in [2.24, 2.45) is 0 Å². The van der Waals surface area contributed by atoms with Gasteiger partial charge < -0.3 is 4.74 Å². The predicted molar refractivity (Wildman–Crippen MR) is 87.3 cm³/mol. The van der Waals surface area contributed by atoms with Gasteiger partial charge in [0.2, 0.25) is 0 Å². The number of carbonyl (C=O) groups is 1. The van der Waals surface area contributed by atoms with Crippen LogP contribution in [-0.4, -0.2) is 32.4 Å². The number of aryl methyl sites for hydroxylation is 1. The van der Waals surface area contributed by atoms with Gasteiger partial charge in [-0.25, -0.2) is 4.68 Å². The molecule has 7 nitrogen and oxygen atoms in total. The number of benzene rings is 1. The van der Waals surface area contributed by atoms with E-state index in [0.717, 1.165) is 5.69 Å². The van der Waals surface area contributed by atoms with E-state index in [2.05, 4.69) is 14.8 Å². The molecule has 0 unspecified atom stereocenters. The molecule has 2 heterocycles. The van der Waals surface area contributed by atoms with E-state index in [4.69, 9.17) is 0 Å². The zero-order chi connectivity index (χ0) is 16.9. The van der Waals surface area contributed by atoms with Crippen LogP contribution in [-0.2, 0) is 16.0 Å². The quantitative estimate of drug-likeness (QED) is 0.665. The Bertz CT molecular complexity index is 899. The smallest absolute Gasteiger partial charge is 0.305 e. The number of ether oxygens (including phenoxy) is 1. The zero-order valence-electron chi connectivity index (χ0n) is 13.1. The van der Waals surface area contributed by atoms with E-state index in [9.17, 15) is 9.59 Å². The lowest BCUT2D eigenvalue weighted by molar-refractivity contribution is -0.140. The van der Waals surface area contributed by atoms with E-state index >= 15 is 0 Å². The van der Waals surface area contributed by atoms with Crippen LogP contribution in [0.5, 0.6) is 0 Å². The second-order valence-electron chi connectivity index (χ2n) is 5.06. The largest absolute Gasteiger partial charge is 0.469 e. The number of methoxy groups -OCH3 is 1. The Morgan fingerprint density at radius 3 is 2.71 bits per heavy atom. The molecule has 0 saturated carbocycles. The van der Waals surface area contributed by atoms with Crippen LogP contribution in [0.3, 0.4) is 0 Å². The number of aromatic nitrogens is 4. The molecule has 0 saturated heterocycles. The number of hydrogen-bond donors (Lipinski definition) is 0. The first-order chi connectivity index (χ1) is 11.7. The highest BCUT2D eigenvalue weighted by Crippen LogP contribution is 2.12. The summed E-state index contributed by atoms with van der Waals surface area (Å²) in [7, 11) is 1.32. The standard InChI is InChI=1S/C17H16N4O3/c1-24-16(22)8-7-14-17(23)20(12-11-18-14)15-9-10-19-21(15)13-5-3-2-4-6-13/h2-6,9-12H,7-8H2,1H3. The molecule has 24 heavy (non-hydrogen) atoms. The molecule has 7 heteroatoms. The number of carbonyl (C=O) groups excluding carboxylic acids is 1. The van der Waals surface area contributed by atoms with Crippen LogP contribution in [0.15, 0.2) is 59.8 Å². The molecule has 122 valence electrons. The van der Waals surface area contributed by atoms with E-state index in [0.29, 0.717) is 11.5 Å². The van der Waals surface area contributed by atoms with E-state index < -0.39 is 0 Å². The van der Waals surface area contributed by atoms with Gasteiger partial charge in [0.1, 0.15) is 11.5 Å². The molecule has 3 aromatic rings. The molecule has 0 atom stereocenters. The van der Waals surface area contributed by atoms with Gasteiger partial charge in [-0.1, -0.05) is 18.2 Å². The summed E-state index contributed by atoms with van der Waals surface area (Å²) in [6.45, 7) is 0. The first-order valence-corrected chi connectivity index (χ1v) is 7.44. The topological polar surface area (TPSA) is 79.0 Å². The highest BCUT2D eigenvalue weighted by atomic mass is 16.5. The second-order valence-corrected chi connectivity index (χ2v) is 5.06. The van der Waals surface area contributed by atoms with Crippen molar-refractivity contribution in [1.29, 1.82) is 0 Å². The normalized spacial score (nSPS) is 10.5. The van der Waals surface area contributed by atoms with Crippen molar-refractivity contribution in [2.45, 2.75) is 12.8 Å². The molecule has 0 aliphatic rings. The van der Waals surface area contributed by atoms with Gasteiger partial charge in [0, 0.05) is 24.9 Å². The Balaban J connectivity index is 1.99. The molecule has 0 bridgehead atoms. The van der Waals surface area contributed by atoms with Crippen LogP contribution >= 0.6 is 0 Å². The van der Waals surface area contributed by atoms with Crippen LogP contribution in [0.25, 0.3) is 11.5 Å². The Morgan fingerprint density at radius 2 is 1.96 bits per heavy atom. The molecule has 0 spiro atoms. The second kappa shape index (κ2) is 6.91. The fraction of sp³-hybridized carbons (Fsp3) is 0.176. The summed E-state index contributed by atoms with van der Waals surface area (Å²) in [6.07, 6.45) is 5.09. The lowest BCUT2D eigenvalue weighted by atomic mass is 10.2. The van der Waals surface area contributed by atoms with Crippen molar-refractivity contribution in [3.63, 3.8) is 0 Å². The molecule has 1 aromatic carbocycles. The molecule has 0 N–H and O–H groups in total. The fourth-order valence-corrected chi connectivity index (χ4v) is 2.37. The highest BCUT2D eigenvalue weighted by Gasteiger charge is 2.12. The highest BCUT2D eigenvalue weighted by molar-refractivity contribution is 5.69. The molecule has 0 fully saturated rings. The van der Waals surface area contributed by atoms with Gasteiger partial charge in [-0.3, -0.25) is 19.1 Å². The summed E-state index contributed by atoms with van der Waals surface area (Å²) in [5.41, 5.74) is 0.875. The Morgan fingerprint density at radius 1 is 1.17 bits per heavy atom. The third-order valence-corrected chi connectivity index (χ3v) is 3.58. The summed E-state index contributed by atoms with van der Waals surface area (Å²) < 4.78 is 7.75. The average molecular weight is 324 g/mol. The maximum atomic E-state index is 12.7. The van der Waals surface area contributed by atoms with Crippen molar-refractivity contribution < 1.29 is 9.53 Å². The molecule has 3 rings (SSSR count). The summed E-state index contributed by atoms with van der Waals surface area (Å²) in [6, 6.07) is 11.3. The Hall–Kier alpha value is -3.22. The Labute approximate surface area is 138 Å². The van der Waals surface area contributed by atoms with E-state index in [1.54, 1.807) is 23.1 Å². The number of para-hydroxylation sites is 1. The van der Waals surface area contributed by atoms with E-state index in [1.807, 2.05) is 30.3 Å².